The van der Waals surface area contributed by atoms with Crippen LogP contribution >= 0.6 is 23.1 Å². The van der Waals surface area contributed by atoms with Crippen molar-refractivity contribution in [1.82, 2.24) is 10.3 Å². The molecule has 18 heavy (non-hydrogen) atoms. The van der Waals surface area contributed by atoms with Crippen LogP contribution in [0, 0.1) is 0 Å². The van der Waals surface area contributed by atoms with Crippen molar-refractivity contribution in [3.8, 4) is 0 Å². The monoisotopic (exact) mass is 284 g/mol. The van der Waals surface area contributed by atoms with Gasteiger partial charge < -0.3 is 5.32 Å². The Hall–Kier alpha value is -0.0600. The summed E-state index contributed by atoms with van der Waals surface area (Å²) in [5.74, 6) is 1.84. The smallest absolute Gasteiger partial charge is 0.103 e. The fourth-order valence-electron chi connectivity index (χ4n) is 1.81. The molecule has 1 aliphatic rings. The molecule has 0 aromatic carbocycles. The van der Waals surface area contributed by atoms with E-state index in [1.165, 1.54) is 28.4 Å². The molecule has 0 atom stereocenters. The number of nitrogens with one attached hydrogen (secondary N) is 1. The maximum atomic E-state index is 4.88. The molecule has 0 radical (unpaired) electrons. The summed E-state index contributed by atoms with van der Waals surface area (Å²) in [5, 5.41) is 5.53. The Labute approximate surface area is 119 Å². The summed E-state index contributed by atoms with van der Waals surface area (Å²) in [6.07, 6.45) is 2.68. The van der Waals surface area contributed by atoms with Crippen molar-refractivity contribution in [1.29, 1.82) is 0 Å². The second kappa shape index (κ2) is 6.40. The van der Waals surface area contributed by atoms with Crippen LogP contribution in [0.1, 0.15) is 62.0 Å². The largest absolute Gasteiger partial charge is 0.310 e. The number of rotatable bonds is 7. The lowest BCUT2D eigenvalue weighted by Crippen LogP contribution is -2.21. The molecule has 102 valence electrons. The molecule has 0 amide bonds. The van der Waals surface area contributed by atoms with Crippen molar-refractivity contribution >= 4 is 23.1 Å². The molecule has 2 rings (SSSR count). The van der Waals surface area contributed by atoms with Crippen LogP contribution in [0.5, 0.6) is 0 Å². The molecule has 0 aliphatic heterocycles. The SMILES string of the molecule is CC(C)NCc1sc(CSC(C)C)nc1C1CC1. The van der Waals surface area contributed by atoms with Gasteiger partial charge in [0.25, 0.3) is 0 Å². The van der Waals surface area contributed by atoms with E-state index in [1.54, 1.807) is 0 Å². The minimum atomic E-state index is 0.549. The Bertz CT molecular complexity index is 381. The first-order valence-corrected chi connectivity index (χ1v) is 8.76. The second-order valence-corrected chi connectivity index (χ2v) is 8.32. The summed E-state index contributed by atoms with van der Waals surface area (Å²) < 4.78 is 0. The first-order chi connectivity index (χ1) is 8.56. The minimum Gasteiger partial charge on any atom is -0.310 e. The van der Waals surface area contributed by atoms with Crippen molar-refractivity contribution in [3.05, 3.63) is 15.6 Å². The van der Waals surface area contributed by atoms with Gasteiger partial charge in [-0.3, -0.25) is 0 Å². The van der Waals surface area contributed by atoms with Crippen molar-refractivity contribution < 1.29 is 0 Å². The quantitative estimate of drug-likeness (QED) is 0.814. The summed E-state index contributed by atoms with van der Waals surface area (Å²) in [5.41, 5.74) is 1.40. The highest BCUT2D eigenvalue weighted by Crippen LogP contribution is 2.43. The zero-order valence-corrected chi connectivity index (χ0v) is 13.5. The van der Waals surface area contributed by atoms with Crippen LogP contribution in [0.15, 0.2) is 0 Å². The molecule has 2 nitrogen and oxygen atoms in total. The van der Waals surface area contributed by atoms with Gasteiger partial charge in [0.05, 0.1) is 5.69 Å². The van der Waals surface area contributed by atoms with Crippen molar-refractivity contribution in [3.63, 3.8) is 0 Å². The third kappa shape index (κ3) is 4.25. The third-order valence-corrected chi connectivity index (χ3v) is 5.31. The number of thiazole rings is 1. The lowest BCUT2D eigenvalue weighted by Gasteiger charge is -2.07. The average molecular weight is 284 g/mol. The van der Waals surface area contributed by atoms with Crippen molar-refractivity contribution in [2.75, 3.05) is 0 Å². The number of thioether (sulfide) groups is 1. The average Bonchev–Trinajstić information content (AvgIpc) is 3.05. The van der Waals surface area contributed by atoms with E-state index in [2.05, 4.69) is 33.0 Å². The molecular formula is C14H24N2S2. The number of aromatic nitrogens is 1. The van der Waals surface area contributed by atoms with Gasteiger partial charge in [0.15, 0.2) is 0 Å². The van der Waals surface area contributed by atoms with Crippen LogP contribution in [-0.4, -0.2) is 16.3 Å². The van der Waals surface area contributed by atoms with E-state index in [1.807, 2.05) is 23.1 Å². The molecule has 0 unspecified atom stereocenters. The van der Waals surface area contributed by atoms with Gasteiger partial charge >= 0.3 is 0 Å². The topological polar surface area (TPSA) is 24.9 Å². The van der Waals surface area contributed by atoms with Crippen LogP contribution < -0.4 is 5.32 Å². The Morgan fingerprint density at radius 1 is 1.33 bits per heavy atom. The fourth-order valence-corrected chi connectivity index (χ4v) is 3.69. The zero-order chi connectivity index (χ0) is 13.1. The first-order valence-electron chi connectivity index (χ1n) is 6.89. The highest BCUT2D eigenvalue weighted by Gasteiger charge is 2.29. The summed E-state index contributed by atoms with van der Waals surface area (Å²) in [4.78, 5) is 6.36. The Balaban J connectivity index is 2.01. The van der Waals surface area contributed by atoms with Gasteiger partial charge in [0, 0.05) is 29.1 Å². The summed E-state index contributed by atoms with van der Waals surface area (Å²) in [6, 6.07) is 0.549. The van der Waals surface area contributed by atoms with Crippen LogP contribution in [0.2, 0.25) is 0 Å². The van der Waals surface area contributed by atoms with Gasteiger partial charge in [0.2, 0.25) is 0 Å². The maximum Gasteiger partial charge on any atom is 0.103 e. The fraction of sp³-hybridized carbons (Fsp3) is 0.786. The highest BCUT2D eigenvalue weighted by molar-refractivity contribution is 7.99. The summed E-state index contributed by atoms with van der Waals surface area (Å²) in [6.45, 7) is 9.90. The van der Waals surface area contributed by atoms with Gasteiger partial charge in [-0.15, -0.1) is 11.3 Å². The van der Waals surface area contributed by atoms with E-state index in [9.17, 15) is 0 Å². The molecular weight excluding hydrogens is 260 g/mol. The summed E-state index contributed by atoms with van der Waals surface area (Å²) in [7, 11) is 0. The second-order valence-electron chi connectivity index (χ2n) is 5.59. The number of hydrogen-bond acceptors (Lipinski definition) is 4. The standard InChI is InChI=1S/C14H24N2S2/c1-9(2)15-7-12-14(11-5-6-11)16-13(18-12)8-17-10(3)4/h9-11,15H,5-8H2,1-4H3. The van der Waals surface area contributed by atoms with Crippen molar-refractivity contribution in [2.45, 2.75) is 70.0 Å². The number of nitrogens with zero attached hydrogens (tertiary/aromatic N) is 1. The van der Waals surface area contributed by atoms with Gasteiger partial charge in [-0.25, -0.2) is 4.98 Å². The Morgan fingerprint density at radius 3 is 2.61 bits per heavy atom. The minimum absolute atomic E-state index is 0.549. The molecule has 0 bridgehead atoms. The molecule has 1 aromatic heterocycles. The van der Waals surface area contributed by atoms with E-state index >= 15 is 0 Å². The normalized spacial score (nSPS) is 15.9. The maximum absolute atomic E-state index is 4.88. The van der Waals surface area contributed by atoms with Crippen molar-refractivity contribution in [2.24, 2.45) is 0 Å². The Morgan fingerprint density at radius 2 is 2.06 bits per heavy atom. The Kier molecular flexibility index (Phi) is 5.10. The highest BCUT2D eigenvalue weighted by atomic mass is 32.2. The first kappa shape index (κ1) is 14.4. The molecule has 1 fully saturated rings. The lowest BCUT2D eigenvalue weighted by atomic mass is 10.2. The molecule has 0 saturated heterocycles. The molecule has 1 saturated carbocycles. The zero-order valence-electron chi connectivity index (χ0n) is 11.8. The van der Waals surface area contributed by atoms with E-state index in [4.69, 9.17) is 4.98 Å². The van der Waals surface area contributed by atoms with Gasteiger partial charge in [-0.05, 0) is 18.1 Å². The van der Waals surface area contributed by atoms with Crippen LogP contribution in [0.3, 0.4) is 0 Å². The van der Waals surface area contributed by atoms with Crippen LogP contribution in [0.25, 0.3) is 0 Å². The van der Waals surface area contributed by atoms with E-state index < -0.39 is 0 Å². The molecule has 1 N–H and O–H groups in total. The van der Waals surface area contributed by atoms with Crippen LogP contribution in [0.4, 0.5) is 0 Å². The molecule has 1 aliphatic carbocycles. The van der Waals surface area contributed by atoms with E-state index in [-0.39, 0.29) is 0 Å². The molecule has 0 spiro atoms. The molecule has 1 heterocycles. The summed E-state index contributed by atoms with van der Waals surface area (Å²) >= 11 is 3.91. The van der Waals surface area contributed by atoms with Gasteiger partial charge in [-0.1, -0.05) is 27.7 Å². The molecule has 1 aromatic rings. The number of hydrogen-bond donors (Lipinski definition) is 1. The van der Waals surface area contributed by atoms with Crippen LogP contribution in [-0.2, 0) is 12.3 Å². The predicted molar refractivity (Wildman–Crippen MR) is 82.5 cm³/mol. The van der Waals surface area contributed by atoms with E-state index in [0.717, 1.165) is 18.2 Å². The lowest BCUT2D eigenvalue weighted by molar-refractivity contribution is 0.590. The predicted octanol–water partition coefficient (Wildman–Crippen LogP) is 4.16. The van der Waals surface area contributed by atoms with Gasteiger partial charge in [0.1, 0.15) is 5.01 Å². The molecule has 4 heteroatoms. The van der Waals surface area contributed by atoms with E-state index in [0.29, 0.717) is 11.3 Å². The third-order valence-electron chi connectivity index (χ3n) is 2.95. The van der Waals surface area contributed by atoms with Gasteiger partial charge in [-0.2, -0.15) is 11.8 Å².